The van der Waals surface area contributed by atoms with E-state index in [0.29, 0.717) is 24.3 Å². The van der Waals surface area contributed by atoms with E-state index in [0.717, 1.165) is 0 Å². The summed E-state index contributed by atoms with van der Waals surface area (Å²) in [6.07, 6.45) is 2.25. The number of piperidine rings is 1. The summed E-state index contributed by atoms with van der Waals surface area (Å²) in [5.41, 5.74) is -0.662. The first-order valence-electron chi connectivity index (χ1n) is 16.7. The molecule has 5 amide bonds. The number of carbonyl (C=O) groups is 6. The first kappa shape index (κ1) is 38.2. The number of ether oxygens (including phenoxy) is 1. The predicted octanol–water partition coefficient (Wildman–Crippen LogP) is 3.26. The largest absolute Gasteiger partial charge is 0.496 e. The van der Waals surface area contributed by atoms with Crippen molar-refractivity contribution in [2.75, 3.05) is 20.2 Å². The number of hydrogen-bond donors (Lipinski definition) is 4. The van der Waals surface area contributed by atoms with Crippen LogP contribution in [0.15, 0.2) is 36.9 Å². The number of nitrogens with zero attached hydrogens (tertiary/aromatic N) is 1. The van der Waals surface area contributed by atoms with Crippen molar-refractivity contribution in [3.05, 3.63) is 42.5 Å². The first-order valence-corrected chi connectivity index (χ1v) is 16.7. The molecule has 3 rings (SSSR count). The number of Topliss-reactive ketones (excluding diaryl/α,β-unsaturated/α-hetero) is 2. The second-order valence-electron chi connectivity index (χ2n) is 14.8. The zero-order valence-electron chi connectivity index (χ0n) is 29.8. The van der Waals surface area contributed by atoms with Gasteiger partial charge in [-0.15, -0.1) is 6.58 Å². The van der Waals surface area contributed by atoms with Gasteiger partial charge < -0.3 is 30.9 Å². The molecule has 2 aliphatic rings. The molecule has 0 spiro atoms. The molecule has 264 valence electrons. The summed E-state index contributed by atoms with van der Waals surface area (Å²) in [6, 6.07) is 2.16. The average molecular weight is 668 g/mol. The van der Waals surface area contributed by atoms with Gasteiger partial charge in [-0.05, 0) is 47.1 Å². The second kappa shape index (κ2) is 15.3. The standard InChI is InChI=1S/C36H53N5O7/c1-11-15-23(29(43)32(45)37-18-12-2)38-31(44)27-25-22(36(25,8)9)19-41(27)33(46)30(35(5,6)7)40-34(47)39-26(20(3)4)28(42)21-16-13-14-17-24(21)48-10/h12-14,16-17,20,22-23,25-27,30H,2,11,15,18-19H2,1,3-10H3,(H,37,45)(H,38,44)(H2,39,40,47)/t22-,23?,25-,26-,27-,30+/m0/s1. The molecular formula is C36H53N5O7. The van der Waals surface area contributed by atoms with Crippen molar-refractivity contribution in [1.29, 1.82) is 0 Å². The molecule has 4 N–H and O–H groups in total. The van der Waals surface area contributed by atoms with Crippen LogP contribution in [-0.4, -0.2) is 84.6 Å². The molecule has 1 saturated carbocycles. The van der Waals surface area contributed by atoms with Crippen LogP contribution in [-0.2, 0) is 19.2 Å². The third-order valence-corrected chi connectivity index (χ3v) is 9.60. The predicted molar refractivity (Wildman–Crippen MR) is 182 cm³/mol. The van der Waals surface area contributed by atoms with E-state index < -0.39 is 59.1 Å². The molecule has 48 heavy (non-hydrogen) atoms. The average Bonchev–Trinajstić information content (AvgIpc) is 3.34. The molecule has 0 radical (unpaired) electrons. The Morgan fingerprint density at radius 3 is 2.27 bits per heavy atom. The van der Waals surface area contributed by atoms with E-state index in [4.69, 9.17) is 4.74 Å². The third-order valence-electron chi connectivity index (χ3n) is 9.60. The topological polar surface area (TPSA) is 163 Å². The number of nitrogens with one attached hydrogen (secondary N) is 4. The fourth-order valence-corrected chi connectivity index (χ4v) is 6.72. The van der Waals surface area contributed by atoms with Crippen molar-refractivity contribution in [2.24, 2.45) is 28.6 Å². The SMILES string of the molecule is C=CCNC(=O)C(=O)C(CCC)NC(=O)[C@@H]1[C@@H]2[C@H](CN1C(=O)[C@@H](NC(=O)N[C@H](C(=O)c1ccccc1OC)C(C)C)C(C)(C)C)C2(C)C. The molecule has 6 atom stereocenters. The first-order chi connectivity index (χ1) is 22.4. The van der Waals surface area contributed by atoms with E-state index >= 15 is 0 Å². The van der Waals surface area contributed by atoms with Gasteiger partial charge in [-0.2, -0.15) is 0 Å². The Hall–Kier alpha value is -4.22. The zero-order valence-corrected chi connectivity index (χ0v) is 29.8. The van der Waals surface area contributed by atoms with E-state index in [1.165, 1.54) is 18.1 Å². The second-order valence-corrected chi connectivity index (χ2v) is 14.8. The highest BCUT2D eigenvalue weighted by Crippen LogP contribution is 2.65. The lowest BCUT2D eigenvalue weighted by atomic mass is 9.85. The van der Waals surface area contributed by atoms with Crippen LogP contribution in [0, 0.1) is 28.6 Å². The van der Waals surface area contributed by atoms with Gasteiger partial charge in [0.2, 0.25) is 17.6 Å². The van der Waals surface area contributed by atoms with Gasteiger partial charge in [0.05, 0.1) is 24.8 Å². The van der Waals surface area contributed by atoms with Crippen LogP contribution in [0.5, 0.6) is 5.75 Å². The van der Waals surface area contributed by atoms with Crippen molar-refractivity contribution in [3.63, 3.8) is 0 Å². The van der Waals surface area contributed by atoms with Crippen LogP contribution in [0.25, 0.3) is 0 Å². The fourth-order valence-electron chi connectivity index (χ4n) is 6.72. The highest BCUT2D eigenvalue weighted by Gasteiger charge is 2.70. The fraction of sp³-hybridized carbons (Fsp3) is 0.611. The molecule has 1 aromatic rings. The zero-order chi connectivity index (χ0) is 36.1. The maximum atomic E-state index is 14.3. The Morgan fingerprint density at radius 1 is 1.06 bits per heavy atom. The number of ketones is 2. The Labute approximate surface area is 284 Å². The van der Waals surface area contributed by atoms with Crippen LogP contribution in [0.2, 0.25) is 0 Å². The molecule has 1 aromatic carbocycles. The summed E-state index contributed by atoms with van der Waals surface area (Å²) in [6.45, 7) is 18.9. The summed E-state index contributed by atoms with van der Waals surface area (Å²) in [5.74, 6) is -2.87. The smallest absolute Gasteiger partial charge is 0.316 e. The normalized spacial score (nSPS) is 21.2. The summed E-state index contributed by atoms with van der Waals surface area (Å²) >= 11 is 0. The van der Waals surface area contributed by atoms with Crippen molar-refractivity contribution in [1.82, 2.24) is 26.2 Å². The van der Waals surface area contributed by atoms with Crippen LogP contribution >= 0.6 is 0 Å². The van der Waals surface area contributed by atoms with Gasteiger partial charge in [-0.25, -0.2) is 4.79 Å². The highest BCUT2D eigenvalue weighted by atomic mass is 16.5. The monoisotopic (exact) mass is 667 g/mol. The summed E-state index contributed by atoms with van der Waals surface area (Å²) in [7, 11) is 1.47. The molecule has 1 aliphatic heterocycles. The number of carbonyl (C=O) groups excluding carboxylic acids is 6. The van der Waals surface area contributed by atoms with Crippen LogP contribution < -0.4 is 26.0 Å². The molecule has 0 bridgehead atoms. The number of methoxy groups -OCH3 is 1. The van der Waals surface area contributed by atoms with Crippen molar-refractivity contribution in [2.45, 2.75) is 92.4 Å². The summed E-state index contributed by atoms with van der Waals surface area (Å²) < 4.78 is 5.36. The minimum absolute atomic E-state index is 0.0478. The van der Waals surface area contributed by atoms with Crippen molar-refractivity contribution in [3.8, 4) is 5.75 Å². The van der Waals surface area contributed by atoms with E-state index in [9.17, 15) is 28.8 Å². The Kier molecular flexibility index (Phi) is 12.2. The summed E-state index contributed by atoms with van der Waals surface area (Å²) in [5, 5.41) is 10.8. The molecule has 1 unspecified atom stereocenters. The summed E-state index contributed by atoms with van der Waals surface area (Å²) in [4.78, 5) is 82.2. The maximum absolute atomic E-state index is 14.3. The molecule has 0 aromatic heterocycles. The molecule has 1 aliphatic carbocycles. The van der Waals surface area contributed by atoms with Gasteiger partial charge >= 0.3 is 6.03 Å². The van der Waals surface area contributed by atoms with Crippen molar-refractivity contribution >= 4 is 35.3 Å². The maximum Gasteiger partial charge on any atom is 0.316 e. The Morgan fingerprint density at radius 2 is 1.71 bits per heavy atom. The number of likely N-dealkylation sites (tertiary alicyclic amines) is 1. The number of fused-ring (bicyclic) bond motifs is 1. The highest BCUT2D eigenvalue weighted by molar-refractivity contribution is 6.38. The van der Waals surface area contributed by atoms with E-state index in [1.54, 1.807) is 24.3 Å². The molecule has 1 heterocycles. The van der Waals surface area contributed by atoms with Crippen LogP contribution in [0.4, 0.5) is 4.79 Å². The molecular weight excluding hydrogens is 614 g/mol. The quantitative estimate of drug-likeness (QED) is 0.127. The number of para-hydroxylation sites is 1. The van der Waals surface area contributed by atoms with Crippen LogP contribution in [0.3, 0.4) is 0 Å². The van der Waals surface area contributed by atoms with Gasteiger partial charge in [0.1, 0.15) is 17.8 Å². The van der Waals surface area contributed by atoms with Gasteiger partial charge in [-0.1, -0.05) is 80.0 Å². The lowest BCUT2D eigenvalue weighted by Crippen LogP contribution is -2.62. The van der Waals surface area contributed by atoms with Gasteiger partial charge in [0.15, 0.2) is 5.78 Å². The third kappa shape index (κ3) is 8.25. The number of urea groups is 1. The van der Waals surface area contributed by atoms with Crippen molar-refractivity contribution < 1.29 is 33.5 Å². The van der Waals surface area contributed by atoms with Gasteiger partial charge in [0, 0.05) is 13.1 Å². The van der Waals surface area contributed by atoms with E-state index in [-0.39, 0.29) is 41.9 Å². The van der Waals surface area contributed by atoms with Crippen LogP contribution in [0.1, 0.15) is 78.6 Å². The Balaban J connectivity index is 1.84. The minimum atomic E-state index is -1.06. The molecule has 2 fully saturated rings. The Bertz CT molecular complexity index is 1420. The number of amides is 5. The number of hydrogen-bond acceptors (Lipinski definition) is 7. The molecule has 1 saturated heterocycles. The van der Waals surface area contributed by atoms with Gasteiger partial charge in [0.25, 0.3) is 5.91 Å². The lowest BCUT2D eigenvalue weighted by Gasteiger charge is -2.38. The van der Waals surface area contributed by atoms with E-state index in [2.05, 4.69) is 27.8 Å². The molecule has 12 nitrogen and oxygen atoms in total. The number of rotatable bonds is 15. The number of benzene rings is 1. The van der Waals surface area contributed by atoms with E-state index in [1.807, 2.05) is 55.4 Å². The van der Waals surface area contributed by atoms with Gasteiger partial charge in [-0.3, -0.25) is 24.0 Å². The molecule has 12 heteroatoms. The lowest BCUT2D eigenvalue weighted by molar-refractivity contribution is -0.145. The minimum Gasteiger partial charge on any atom is -0.496 e.